The Morgan fingerprint density at radius 2 is 1.73 bits per heavy atom. The fourth-order valence-electron chi connectivity index (χ4n) is 3.13. The minimum atomic E-state index is -0.255. The summed E-state index contributed by atoms with van der Waals surface area (Å²) in [6.45, 7) is 0. The second-order valence-electron chi connectivity index (χ2n) is 5.96. The highest BCUT2D eigenvalue weighted by Gasteiger charge is 2.33. The highest BCUT2D eigenvalue weighted by molar-refractivity contribution is 5.89. The Morgan fingerprint density at radius 3 is 2.45 bits per heavy atom. The quantitative estimate of drug-likeness (QED) is 0.812. The molecule has 3 heteroatoms. The standard InChI is InChI=1S/C19H21NO2/c1-20(2)17-13-12-14-8-6-7-11-16(14)18(17)22-19(21)15-9-4-3-5-10-15/h3-11,17-18H,12-13H2,1-2H3/t17?,18-/m1/s1. The number of esters is 1. The van der Waals surface area contributed by atoms with E-state index in [9.17, 15) is 4.79 Å². The molecule has 1 unspecified atom stereocenters. The van der Waals surface area contributed by atoms with Crippen molar-refractivity contribution in [2.24, 2.45) is 0 Å². The van der Waals surface area contributed by atoms with Gasteiger partial charge in [-0.2, -0.15) is 0 Å². The Kier molecular flexibility index (Phi) is 4.25. The predicted molar refractivity (Wildman–Crippen MR) is 86.8 cm³/mol. The number of hydrogen-bond donors (Lipinski definition) is 0. The van der Waals surface area contributed by atoms with E-state index < -0.39 is 0 Å². The van der Waals surface area contributed by atoms with E-state index in [1.807, 2.05) is 44.4 Å². The van der Waals surface area contributed by atoms with Crippen LogP contribution >= 0.6 is 0 Å². The monoisotopic (exact) mass is 295 g/mol. The van der Waals surface area contributed by atoms with Crippen LogP contribution in [0.2, 0.25) is 0 Å². The van der Waals surface area contributed by atoms with E-state index in [1.54, 1.807) is 12.1 Å². The highest BCUT2D eigenvalue weighted by atomic mass is 16.5. The Bertz CT molecular complexity index is 651. The molecule has 0 aliphatic heterocycles. The van der Waals surface area contributed by atoms with Crippen LogP contribution in [0.5, 0.6) is 0 Å². The van der Waals surface area contributed by atoms with E-state index >= 15 is 0 Å². The lowest BCUT2D eigenvalue weighted by Gasteiger charge is -2.37. The summed E-state index contributed by atoms with van der Waals surface area (Å²) >= 11 is 0. The number of likely N-dealkylation sites (N-methyl/N-ethyl adjacent to an activating group) is 1. The van der Waals surface area contributed by atoms with Crippen molar-refractivity contribution in [3.8, 4) is 0 Å². The molecule has 2 aromatic rings. The van der Waals surface area contributed by atoms with Gasteiger partial charge in [0, 0.05) is 0 Å². The number of fused-ring (bicyclic) bond motifs is 1. The number of aryl methyl sites for hydroxylation is 1. The van der Waals surface area contributed by atoms with Crippen molar-refractivity contribution >= 4 is 5.97 Å². The van der Waals surface area contributed by atoms with Crippen molar-refractivity contribution in [1.29, 1.82) is 0 Å². The van der Waals surface area contributed by atoms with Crippen molar-refractivity contribution in [1.82, 2.24) is 4.90 Å². The third-order valence-electron chi connectivity index (χ3n) is 4.33. The van der Waals surface area contributed by atoms with Crippen LogP contribution in [0, 0.1) is 0 Å². The smallest absolute Gasteiger partial charge is 0.338 e. The maximum Gasteiger partial charge on any atom is 0.338 e. The average Bonchev–Trinajstić information content (AvgIpc) is 2.55. The number of hydrogen-bond acceptors (Lipinski definition) is 3. The van der Waals surface area contributed by atoms with Crippen LogP contribution in [0.1, 0.15) is 34.0 Å². The molecule has 1 aliphatic carbocycles. The van der Waals surface area contributed by atoms with Gasteiger partial charge < -0.3 is 9.64 Å². The lowest BCUT2D eigenvalue weighted by Crippen LogP contribution is -2.39. The molecule has 2 atom stereocenters. The van der Waals surface area contributed by atoms with Crippen LogP contribution in [0.4, 0.5) is 0 Å². The lowest BCUT2D eigenvalue weighted by atomic mass is 9.85. The largest absolute Gasteiger partial charge is 0.452 e. The topological polar surface area (TPSA) is 29.5 Å². The van der Waals surface area contributed by atoms with Crippen molar-refractivity contribution in [3.63, 3.8) is 0 Å². The SMILES string of the molecule is CN(C)C1CCc2ccccc2[C@H]1OC(=O)c1ccccc1. The molecule has 0 aromatic heterocycles. The molecule has 1 aliphatic rings. The zero-order valence-corrected chi connectivity index (χ0v) is 13.0. The van der Waals surface area contributed by atoms with Crippen molar-refractivity contribution in [3.05, 3.63) is 71.3 Å². The number of carbonyl (C=O) groups is 1. The second-order valence-corrected chi connectivity index (χ2v) is 5.96. The van der Waals surface area contributed by atoms with Crippen LogP contribution in [-0.2, 0) is 11.2 Å². The maximum absolute atomic E-state index is 12.5. The minimum absolute atomic E-state index is 0.211. The Labute approximate surface area is 131 Å². The van der Waals surface area contributed by atoms with Gasteiger partial charge in [0.25, 0.3) is 0 Å². The van der Waals surface area contributed by atoms with E-state index in [0.717, 1.165) is 18.4 Å². The fraction of sp³-hybridized carbons (Fsp3) is 0.316. The molecule has 3 nitrogen and oxygen atoms in total. The van der Waals surface area contributed by atoms with Gasteiger partial charge in [-0.3, -0.25) is 0 Å². The summed E-state index contributed by atoms with van der Waals surface area (Å²) in [5.41, 5.74) is 3.02. The molecule has 0 radical (unpaired) electrons. The van der Waals surface area contributed by atoms with Crippen LogP contribution in [0.15, 0.2) is 54.6 Å². The summed E-state index contributed by atoms with van der Waals surface area (Å²) in [5, 5.41) is 0. The van der Waals surface area contributed by atoms with Gasteiger partial charge in [-0.15, -0.1) is 0 Å². The maximum atomic E-state index is 12.5. The predicted octanol–water partition coefficient (Wildman–Crippen LogP) is 3.46. The molecule has 3 rings (SSSR count). The normalized spacial score (nSPS) is 20.5. The Balaban J connectivity index is 1.90. The molecule has 0 amide bonds. The van der Waals surface area contributed by atoms with Gasteiger partial charge in [0.2, 0.25) is 0 Å². The van der Waals surface area contributed by atoms with E-state index in [-0.39, 0.29) is 18.1 Å². The summed E-state index contributed by atoms with van der Waals surface area (Å²) in [6, 6.07) is 17.7. The Morgan fingerprint density at radius 1 is 1.05 bits per heavy atom. The van der Waals surface area contributed by atoms with Crippen molar-refractivity contribution in [2.75, 3.05) is 14.1 Å². The van der Waals surface area contributed by atoms with Gasteiger partial charge in [0.15, 0.2) is 0 Å². The van der Waals surface area contributed by atoms with Crippen LogP contribution < -0.4 is 0 Å². The second kappa shape index (κ2) is 6.32. The van der Waals surface area contributed by atoms with Crippen LogP contribution in [0.3, 0.4) is 0 Å². The van der Waals surface area contributed by atoms with Gasteiger partial charge in [0.1, 0.15) is 6.10 Å². The highest BCUT2D eigenvalue weighted by Crippen LogP contribution is 2.35. The molecule has 0 heterocycles. The van der Waals surface area contributed by atoms with Gasteiger partial charge in [-0.05, 0) is 50.2 Å². The third kappa shape index (κ3) is 2.90. The minimum Gasteiger partial charge on any atom is -0.452 e. The molecule has 0 bridgehead atoms. The zero-order valence-electron chi connectivity index (χ0n) is 13.0. The first-order valence-corrected chi connectivity index (χ1v) is 7.67. The summed E-state index contributed by atoms with van der Waals surface area (Å²) in [4.78, 5) is 14.6. The lowest BCUT2D eigenvalue weighted by molar-refractivity contribution is 0.000620. The molecule has 0 saturated heterocycles. The van der Waals surface area contributed by atoms with E-state index in [4.69, 9.17) is 4.74 Å². The fourth-order valence-corrected chi connectivity index (χ4v) is 3.13. The zero-order chi connectivity index (χ0) is 15.5. The molecule has 22 heavy (non-hydrogen) atoms. The molecule has 0 spiro atoms. The number of nitrogens with zero attached hydrogens (tertiary/aromatic N) is 1. The summed E-state index contributed by atoms with van der Waals surface area (Å²) < 4.78 is 5.90. The van der Waals surface area contributed by atoms with Gasteiger partial charge in [0.05, 0.1) is 11.6 Å². The number of rotatable bonds is 3. The molecule has 0 N–H and O–H groups in total. The Hall–Kier alpha value is -2.13. The van der Waals surface area contributed by atoms with Crippen LogP contribution in [0.25, 0.3) is 0 Å². The summed E-state index contributed by atoms with van der Waals surface area (Å²) in [7, 11) is 4.09. The molecular formula is C19H21NO2. The van der Waals surface area contributed by atoms with Crippen LogP contribution in [-0.4, -0.2) is 31.0 Å². The van der Waals surface area contributed by atoms with Crippen molar-refractivity contribution < 1.29 is 9.53 Å². The first-order chi connectivity index (χ1) is 10.7. The van der Waals surface area contributed by atoms with E-state index in [1.165, 1.54) is 5.56 Å². The molecular weight excluding hydrogens is 274 g/mol. The molecule has 0 fully saturated rings. The van der Waals surface area contributed by atoms with Gasteiger partial charge in [-0.25, -0.2) is 4.79 Å². The molecule has 114 valence electrons. The molecule has 2 aromatic carbocycles. The van der Waals surface area contributed by atoms with E-state index in [0.29, 0.717) is 5.56 Å². The van der Waals surface area contributed by atoms with Gasteiger partial charge in [-0.1, -0.05) is 42.5 Å². The van der Waals surface area contributed by atoms with E-state index in [2.05, 4.69) is 17.0 Å². The molecule has 0 saturated carbocycles. The average molecular weight is 295 g/mol. The number of ether oxygens (including phenoxy) is 1. The number of benzene rings is 2. The summed E-state index contributed by atoms with van der Waals surface area (Å²) in [5.74, 6) is -0.255. The van der Waals surface area contributed by atoms with Gasteiger partial charge >= 0.3 is 5.97 Å². The number of carbonyl (C=O) groups excluding carboxylic acids is 1. The first kappa shape index (κ1) is 14.8. The third-order valence-corrected chi connectivity index (χ3v) is 4.33. The summed E-state index contributed by atoms with van der Waals surface area (Å²) in [6.07, 6.45) is 1.81. The van der Waals surface area contributed by atoms with Crippen molar-refractivity contribution in [2.45, 2.75) is 25.0 Å². The first-order valence-electron chi connectivity index (χ1n) is 7.67.